The molecule has 0 spiro atoms. The van der Waals surface area contributed by atoms with Gasteiger partial charge in [0, 0.05) is 30.4 Å². The van der Waals surface area contributed by atoms with Crippen LogP contribution in [0, 0.1) is 0 Å². The minimum absolute atomic E-state index is 0.119. The fourth-order valence-electron chi connectivity index (χ4n) is 1.78. The van der Waals surface area contributed by atoms with Crippen molar-refractivity contribution >= 4 is 11.7 Å². The van der Waals surface area contributed by atoms with Gasteiger partial charge in [-0.15, -0.1) is 0 Å². The zero-order valence-corrected chi connectivity index (χ0v) is 11.9. The Morgan fingerprint density at radius 3 is 2.80 bits per heavy atom. The minimum atomic E-state index is -0.119. The fraction of sp³-hybridized carbons (Fsp3) is 0.333. The molecule has 0 unspecified atom stereocenters. The maximum Gasteiger partial charge on any atom is 0.251 e. The third kappa shape index (κ3) is 3.38. The topological polar surface area (TPSA) is 67.2 Å². The van der Waals surface area contributed by atoms with Crippen LogP contribution >= 0.6 is 0 Å². The summed E-state index contributed by atoms with van der Waals surface area (Å²) < 4.78 is 4.97. The maximum absolute atomic E-state index is 12.2. The van der Waals surface area contributed by atoms with Crippen LogP contribution in [-0.4, -0.2) is 17.9 Å². The predicted molar refractivity (Wildman–Crippen MR) is 77.8 cm³/mol. The van der Waals surface area contributed by atoms with Crippen LogP contribution in [0.2, 0.25) is 0 Å². The van der Waals surface area contributed by atoms with E-state index in [9.17, 15) is 4.79 Å². The molecule has 0 bridgehead atoms. The van der Waals surface area contributed by atoms with E-state index in [4.69, 9.17) is 4.42 Å². The van der Waals surface area contributed by atoms with Gasteiger partial charge in [-0.3, -0.25) is 4.79 Å². The van der Waals surface area contributed by atoms with Gasteiger partial charge in [0.2, 0.25) is 0 Å². The lowest BCUT2D eigenvalue weighted by Gasteiger charge is -2.11. The Bertz CT molecular complexity index is 577. The molecule has 0 saturated heterocycles. The lowest BCUT2D eigenvalue weighted by atomic mass is 10.1. The number of aromatic nitrogens is 1. The van der Waals surface area contributed by atoms with Crippen molar-refractivity contribution in [3.8, 4) is 0 Å². The molecule has 106 valence electrons. The van der Waals surface area contributed by atoms with E-state index >= 15 is 0 Å². The minimum Gasteiger partial charge on any atom is -0.472 e. The average molecular weight is 273 g/mol. The highest BCUT2D eigenvalue weighted by molar-refractivity contribution is 5.95. The van der Waals surface area contributed by atoms with E-state index < -0.39 is 0 Å². The molecule has 2 aromatic rings. The number of nitrogens with one attached hydrogen (secondary N) is 2. The number of carbonyl (C=O) groups excluding carboxylic acids is 1. The highest BCUT2D eigenvalue weighted by Crippen LogP contribution is 2.17. The fourth-order valence-corrected chi connectivity index (χ4v) is 1.78. The smallest absolute Gasteiger partial charge is 0.251 e. The molecular weight excluding hydrogens is 254 g/mol. The number of amides is 1. The van der Waals surface area contributed by atoms with Gasteiger partial charge >= 0.3 is 0 Å². The summed E-state index contributed by atoms with van der Waals surface area (Å²) in [6.07, 6.45) is 3.20. The standard InChI is InChI=1S/C15H19N3O2/c1-10(2)13-6-12(7-14(16-3)18-13)15(19)17-8-11-4-5-20-9-11/h4-7,9-10H,8H2,1-3H3,(H,16,18)(H,17,19). The van der Waals surface area contributed by atoms with Crippen LogP contribution in [0.15, 0.2) is 35.1 Å². The number of anilines is 1. The van der Waals surface area contributed by atoms with Crippen LogP contribution in [0.3, 0.4) is 0 Å². The number of furan rings is 1. The molecule has 0 aromatic carbocycles. The SMILES string of the molecule is CNc1cc(C(=O)NCc2ccoc2)cc(C(C)C)n1. The Hall–Kier alpha value is -2.30. The number of hydrogen-bond acceptors (Lipinski definition) is 4. The van der Waals surface area contributed by atoms with Crippen LogP contribution < -0.4 is 10.6 Å². The van der Waals surface area contributed by atoms with E-state index in [0.29, 0.717) is 17.9 Å². The molecule has 2 heterocycles. The second-order valence-corrected chi connectivity index (χ2v) is 4.88. The Labute approximate surface area is 118 Å². The first-order valence-electron chi connectivity index (χ1n) is 6.59. The lowest BCUT2D eigenvalue weighted by Crippen LogP contribution is -2.23. The molecule has 1 amide bonds. The van der Waals surface area contributed by atoms with E-state index in [-0.39, 0.29) is 11.8 Å². The highest BCUT2D eigenvalue weighted by Gasteiger charge is 2.11. The summed E-state index contributed by atoms with van der Waals surface area (Å²) in [5, 5.41) is 5.85. The van der Waals surface area contributed by atoms with Gasteiger partial charge in [-0.25, -0.2) is 4.98 Å². The number of nitrogens with zero attached hydrogens (tertiary/aromatic N) is 1. The van der Waals surface area contributed by atoms with Crippen molar-refractivity contribution in [3.05, 3.63) is 47.5 Å². The molecule has 0 radical (unpaired) electrons. The van der Waals surface area contributed by atoms with Crippen molar-refractivity contribution in [3.63, 3.8) is 0 Å². The molecule has 20 heavy (non-hydrogen) atoms. The average Bonchev–Trinajstić information content (AvgIpc) is 2.97. The molecule has 5 heteroatoms. The lowest BCUT2D eigenvalue weighted by molar-refractivity contribution is 0.0950. The van der Waals surface area contributed by atoms with Gasteiger partial charge < -0.3 is 15.1 Å². The number of carbonyl (C=O) groups is 1. The molecular formula is C15H19N3O2. The first-order valence-corrected chi connectivity index (χ1v) is 6.59. The van der Waals surface area contributed by atoms with Gasteiger partial charge in [0.1, 0.15) is 5.82 Å². The molecule has 2 N–H and O–H groups in total. The summed E-state index contributed by atoms with van der Waals surface area (Å²) in [6, 6.07) is 5.40. The van der Waals surface area contributed by atoms with Crippen molar-refractivity contribution in [2.75, 3.05) is 12.4 Å². The first-order chi connectivity index (χ1) is 9.60. The van der Waals surface area contributed by atoms with Gasteiger partial charge in [-0.05, 0) is 24.1 Å². The Balaban J connectivity index is 2.14. The predicted octanol–water partition coefficient (Wildman–Crippen LogP) is 2.77. The Morgan fingerprint density at radius 1 is 1.40 bits per heavy atom. The summed E-state index contributed by atoms with van der Waals surface area (Å²) in [4.78, 5) is 16.6. The summed E-state index contributed by atoms with van der Waals surface area (Å²) >= 11 is 0. The molecule has 0 saturated carbocycles. The van der Waals surface area contributed by atoms with Gasteiger partial charge in [-0.2, -0.15) is 0 Å². The third-order valence-corrected chi connectivity index (χ3v) is 2.99. The van der Waals surface area contributed by atoms with E-state index in [0.717, 1.165) is 11.3 Å². The van der Waals surface area contributed by atoms with Gasteiger partial charge in [0.25, 0.3) is 5.91 Å². The van der Waals surface area contributed by atoms with E-state index in [1.807, 2.05) is 12.1 Å². The molecule has 2 aromatic heterocycles. The van der Waals surface area contributed by atoms with Crippen LogP contribution in [-0.2, 0) is 6.54 Å². The largest absolute Gasteiger partial charge is 0.472 e. The molecule has 2 rings (SSSR count). The molecule has 5 nitrogen and oxygen atoms in total. The normalized spacial score (nSPS) is 10.6. The maximum atomic E-state index is 12.2. The van der Waals surface area contributed by atoms with E-state index in [1.54, 1.807) is 25.6 Å². The van der Waals surface area contributed by atoms with Crippen molar-refractivity contribution in [2.45, 2.75) is 26.3 Å². The quantitative estimate of drug-likeness (QED) is 0.879. The second-order valence-electron chi connectivity index (χ2n) is 4.88. The Morgan fingerprint density at radius 2 is 2.20 bits per heavy atom. The molecule has 0 aliphatic rings. The molecule has 0 atom stereocenters. The van der Waals surface area contributed by atoms with Crippen LogP contribution in [0.1, 0.15) is 41.4 Å². The number of pyridine rings is 1. The van der Waals surface area contributed by atoms with Crippen molar-refractivity contribution in [1.82, 2.24) is 10.3 Å². The Kier molecular flexibility index (Phi) is 4.40. The summed E-state index contributed by atoms with van der Waals surface area (Å²) in [5.74, 6) is 0.848. The zero-order chi connectivity index (χ0) is 14.5. The first kappa shape index (κ1) is 14.1. The van der Waals surface area contributed by atoms with Crippen molar-refractivity contribution in [2.24, 2.45) is 0 Å². The molecule has 0 fully saturated rings. The highest BCUT2D eigenvalue weighted by atomic mass is 16.3. The summed E-state index contributed by atoms with van der Waals surface area (Å²) in [5.41, 5.74) is 2.44. The van der Waals surface area contributed by atoms with Crippen LogP contribution in [0.5, 0.6) is 0 Å². The van der Waals surface area contributed by atoms with Crippen molar-refractivity contribution in [1.29, 1.82) is 0 Å². The number of rotatable bonds is 5. The van der Waals surface area contributed by atoms with E-state index in [1.165, 1.54) is 0 Å². The summed E-state index contributed by atoms with van der Waals surface area (Å²) in [7, 11) is 1.79. The van der Waals surface area contributed by atoms with Crippen LogP contribution in [0.4, 0.5) is 5.82 Å². The number of hydrogen-bond donors (Lipinski definition) is 2. The third-order valence-electron chi connectivity index (χ3n) is 2.99. The second kappa shape index (κ2) is 6.23. The summed E-state index contributed by atoms with van der Waals surface area (Å²) in [6.45, 7) is 4.55. The van der Waals surface area contributed by atoms with Gasteiger partial charge in [0.05, 0.1) is 12.5 Å². The van der Waals surface area contributed by atoms with Gasteiger partial charge in [-0.1, -0.05) is 13.8 Å². The molecule has 0 aliphatic heterocycles. The monoisotopic (exact) mass is 273 g/mol. The van der Waals surface area contributed by atoms with E-state index in [2.05, 4.69) is 29.5 Å². The van der Waals surface area contributed by atoms with Gasteiger partial charge in [0.15, 0.2) is 0 Å². The van der Waals surface area contributed by atoms with Crippen LogP contribution in [0.25, 0.3) is 0 Å². The zero-order valence-electron chi connectivity index (χ0n) is 11.9. The van der Waals surface area contributed by atoms with Crippen molar-refractivity contribution < 1.29 is 9.21 Å². The molecule has 0 aliphatic carbocycles.